The van der Waals surface area contributed by atoms with Gasteiger partial charge in [-0.1, -0.05) is 18.2 Å². The van der Waals surface area contributed by atoms with Crippen molar-refractivity contribution < 1.29 is 9.21 Å². The average Bonchev–Trinajstić information content (AvgIpc) is 3.05. The molecule has 4 nitrogen and oxygen atoms in total. The molecule has 1 saturated carbocycles. The number of rotatable bonds is 5. The zero-order chi connectivity index (χ0) is 13.3. The van der Waals surface area contributed by atoms with Crippen LogP contribution in [-0.2, 0) is 0 Å². The van der Waals surface area contributed by atoms with E-state index in [1.165, 1.54) is 6.26 Å². The first kappa shape index (κ1) is 12.2. The van der Waals surface area contributed by atoms with Crippen LogP contribution in [0.3, 0.4) is 0 Å². The summed E-state index contributed by atoms with van der Waals surface area (Å²) in [6, 6.07) is 7.57. The van der Waals surface area contributed by atoms with Crippen LogP contribution in [-0.4, -0.2) is 19.0 Å². The number of amides is 1. The van der Waals surface area contributed by atoms with Gasteiger partial charge in [0.2, 0.25) is 0 Å². The number of nitrogens with one attached hydrogen (secondary N) is 1. The Balaban J connectivity index is 1.71. The molecule has 1 amide bonds. The Morgan fingerprint density at radius 3 is 2.89 bits per heavy atom. The van der Waals surface area contributed by atoms with Crippen LogP contribution in [0, 0.1) is 5.41 Å². The fourth-order valence-electron chi connectivity index (χ4n) is 2.51. The highest BCUT2D eigenvalue weighted by Crippen LogP contribution is 2.47. The molecule has 1 heterocycles. The van der Waals surface area contributed by atoms with Crippen LogP contribution in [0.1, 0.15) is 29.6 Å². The Bertz CT molecular complexity index is 599. The summed E-state index contributed by atoms with van der Waals surface area (Å²) in [5.74, 6) is -0.0618. The lowest BCUT2D eigenvalue weighted by molar-refractivity contribution is 0.0945. The zero-order valence-corrected chi connectivity index (χ0v) is 10.8. The van der Waals surface area contributed by atoms with Crippen molar-refractivity contribution in [3.05, 3.63) is 36.1 Å². The summed E-state index contributed by atoms with van der Waals surface area (Å²) < 4.78 is 5.38. The second-order valence-corrected chi connectivity index (χ2v) is 5.37. The second kappa shape index (κ2) is 4.70. The van der Waals surface area contributed by atoms with Crippen LogP contribution in [0.15, 0.2) is 34.9 Å². The predicted molar refractivity (Wildman–Crippen MR) is 73.9 cm³/mol. The molecule has 0 bridgehead atoms. The molecule has 100 valence electrons. The Hall–Kier alpha value is -1.81. The number of carbonyl (C=O) groups is 1. The van der Waals surface area contributed by atoms with Crippen molar-refractivity contribution >= 4 is 16.9 Å². The van der Waals surface area contributed by atoms with Gasteiger partial charge in [0.15, 0.2) is 0 Å². The maximum Gasteiger partial charge on any atom is 0.255 e. The van der Waals surface area contributed by atoms with Gasteiger partial charge in [-0.2, -0.15) is 0 Å². The molecule has 3 rings (SSSR count). The molecule has 0 saturated heterocycles. The van der Waals surface area contributed by atoms with Gasteiger partial charge >= 0.3 is 0 Å². The monoisotopic (exact) mass is 258 g/mol. The van der Waals surface area contributed by atoms with Gasteiger partial charge in [0.1, 0.15) is 11.8 Å². The molecule has 0 atom stereocenters. The van der Waals surface area contributed by atoms with E-state index in [0.717, 1.165) is 30.2 Å². The molecule has 4 heteroatoms. The zero-order valence-electron chi connectivity index (χ0n) is 10.8. The van der Waals surface area contributed by atoms with Crippen molar-refractivity contribution in [2.45, 2.75) is 19.3 Å². The number of benzene rings is 1. The predicted octanol–water partition coefficient (Wildman–Crippen LogP) is 2.29. The quantitative estimate of drug-likeness (QED) is 0.864. The first-order chi connectivity index (χ1) is 9.24. The fraction of sp³-hybridized carbons (Fsp3) is 0.400. The summed E-state index contributed by atoms with van der Waals surface area (Å²) in [6.45, 7) is 1.40. The molecule has 0 aliphatic heterocycles. The second-order valence-electron chi connectivity index (χ2n) is 5.37. The Kier molecular flexibility index (Phi) is 3.03. The summed E-state index contributed by atoms with van der Waals surface area (Å²) in [5.41, 5.74) is 7.21. The molecule has 1 fully saturated rings. The first-order valence-electron chi connectivity index (χ1n) is 6.69. The molecule has 0 unspecified atom stereocenters. The molecule has 2 aromatic rings. The van der Waals surface area contributed by atoms with E-state index in [-0.39, 0.29) is 11.3 Å². The van der Waals surface area contributed by atoms with Crippen LogP contribution in [0.4, 0.5) is 0 Å². The van der Waals surface area contributed by atoms with Crippen LogP contribution in [0.5, 0.6) is 0 Å². The Labute approximate surface area is 112 Å². The minimum atomic E-state index is -0.0618. The van der Waals surface area contributed by atoms with E-state index >= 15 is 0 Å². The van der Waals surface area contributed by atoms with Crippen molar-refractivity contribution in [3.63, 3.8) is 0 Å². The van der Waals surface area contributed by atoms with E-state index in [4.69, 9.17) is 10.2 Å². The molecule has 0 spiro atoms. The molecule has 3 N–H and O–H groups in total. The molecule has 1 aliphatic carbocycles. The lowest BCUT2D eigenvalue weighted by atomic mass is 10.0. The number of furan rings is 1. The van der Waals surface area contributed by atoms with Gasteiger partial charge in [0, 0.05) is 11.9 Å². The third-order valence-corrected chi connectivity index (χ3v) is 3.98. The number of para-hydroxylation sites is 1. The van der Waals surface area contributed by atoms with E-state index < -0.39 is 0 Å². The Morgan fingerprint density at radius 2 is 2.16 bits per heavy atom. The number of nitrogens with two attached hydrogens (primary N) is 1. The van der Waals surface area contributed by atoms with Gasteiger partial charge in [-0.25, -0.2) is 0 Å². The summed E-state index contributed by atoms with van der Waals surface area (Å²) in [6.07, 6.45) is 4.84. The van der Waals surface area contributed by atoms with E-state index in [1.807, 2.05) is 24.3 Å². The normalized spacial score (nSPS) is 16.5. The number of hydrogen-bond acceptors (Lipinski definition) is 3. The van der Waals surface area contributed by atoms with Crippen molar-refractivity contribution in [1.29, 1.82) is 0 Å². The summed E-state index contributed by atoms with van der Waals surface area (Å²) in [7, 11) is 0. The van der Waals surface area contributed by atoms with Gasteiger partial charge in [-0.05, 0) is 37.3 Å². The third kappa shape index (κ3) is 2.36. The van der Waals surface area contributed by atoms with E-state index in [1.54, 1.807) is 0 Å². The lowest BCUT2D eigenvalue weighted by Crippen LogP contribution is -2.31. The standard InChI is InChI=1S/C15H18N2O2/c16-8-7-15(5-6-15)10-17-14(18)12-9-19-13-4-2-1-3-11(12)13/h1-4,9H,5-8,10,16H2,(H,17,18). The largest absolute Gasteiger partial charge is 0.463 e. The molecule has 1 aromatic heterocycles. The molecule has 19 heavy (non-hydrogen) atoms. The first-order valence-corrected chi connectivity index (χ1v) is 6.69. The van der Waals surface area contributed by atoms with Gasteiger partial charge in [0.25, 0.3) is 5.91 Å². The smallest absolute Gasteiger partial charge is 0.255 e. The maximum atomic E-state index is 12.2. The molecular weight excluding hydrogens is 240 g/mol. The molecular formula is C15H18N2O2. The molecule has 0 radical (unpaired) electrons. The van der Waals surface area contributed by atoms with Crippen LogP contribution in [0.2, 0.25) is 0 Å². The van der Waals surface area contributed by atoms with Crippen molar-refractivity contribution in [3.8, 4) is 0 Å². The van der Waals surface area contributed by atoms with Crippen molar-refractivity contribution in [1.82, 2.24) is 5.32 Å². The highest BCUT2D eigenvalue weighted by Gasteiger charge is 2.41. The average molecular weight is 258 g/mol. The topological polar surface area (TPSA) is 68.3 Å². The van der Waals surface area contributed by atoms with E-state index in [9.17, 15) is 4.79 Å². The number of carbonyl (C=O) groups excluding carboxylic acids is 1. The van der Waals surface area contributed by atoms with E-state index in [2.05, 4.69) is 5.32 Å². The summed E-state index contributed by atoms with van der Waals surface area (Å²) in [4.78, 5) is 12.2. The summed E-state index contributed by atoms with van der Waals surface area (Å²) >= 11 is 0. The fourth-order valence-corrected chi connectivity index (χ4v) is 2.51. The van der Waals surface area contributed by atoms with E-state index in [0.29, 0.717) is 18.7 Å². The Morgan fingerprint density at radius 1 is 1.37 bits per heavy atom. The van der Waals surface area contributed by atoms with Crippen LogP contribution >= 0.6 is 0 Å². The van der Waals surface area contributed by atoms with Gasteiger partial charge in [-0.3, -0.25) is 4.79 Å². The van der Waals surface area contributed by atoms with Gasteiger partial charge in [-0.15, -0.1) is 0 Å². The minimum Gasteiger partial charge on any atom is -0.463 e. The highest BCUT2D eigenvalue weighted by atomic mass is 16.3. The highest BCUT2D eigenvalue weighted by molar-refractivity contribution is 6.05. The number of fused-ring (bicyclic) bond motifs is 1. The maximum absolute atomic E-state index is 12.2. The van der Waals surface area contributed by atoms with Gasteiger partial charge < -0.3 is 15.5 Å². The van der Waals surface area contributed by atoms with Crippen molar-refractivity contribution in [2.24, 2.45) is 11.1 Å². The number of hydrogen-bond donors (Lipinski definition) is 2. The SMILES string of the molecule is NCCC1(CNC(=O)c2coc3ccccc23)CC1. The van der Waals surface area contributed by atoms with Gasteiger partial charge in [0.05, 0.1) is 5.56 Å². The lowest BCUT2D eigenvalue weighted by Gasteiger charge is -2.14. The third-order valence-electron chi connectivity index (χ3n) is 3.98. The minimum absolute atomic E-state index is 0.0618. The van der Waals surface area contributed by atoms with Crippen LogP contribution < -0.4 is 11.1 Å². The molecule has 1 aromatic carbocycles. The van der Waals surface area contributed by atoms with Crippen molar-refractivity contribution in [2.75, 3.05) is 13.1 Å². The van der Waals surface area contributed by atoms with Crippen LogP contribution in [0.25, 0.3) is 11.0 Å². The summed E-state index contributed by atoms with van der Waals surface area (Å²) in [5, 5.41) is 3.87. The molecule has 1 aliphatic rings.